The summed E-state index contributed by atoms with van der Waals surface area (Å²) in [6.45, 7) is 3.40. The van der Waals surface area contributed by atoms with Crippen LogP contribution < -0.4 is 9.80 Å². The van der Waals surface area contributed by atoms with Gasteiger partial charge in [-0.1, -0.05) is 0 Å². The van der Waals surface area contributed by atoms with Crippen molar-refractivity contribution in [2.45, 2.75) is 38.7 Å². The molecule has 0 spiro atoms. The van der Waals surface area contributed by atoms with Crippen LogP contribution in [-0.2, 0) is 19.2 Å². The van der Waals surface area contributed by atoms with Crippen LogP contribution in [0.15, 0.2) is 18.2 Å². The highest BCUT2D eigenvalue weighted by molar-refractivity contribution is 5.90. The molecule has 8 nitrogen and oxygen atoms in total. The SMILES string of the molecule is CC(=O)CC[C@H]1CN(c2ccc(N3CCON(C(=O)C4CC4)CC3)c(F)c2)C(=O)O1. The maximum Gasteiger partial charge on any atom is 0.414 e. The number of amides is 2. The third-order valence-corrected chi connectivity index (χ3v) is 5.63. The molecule has 1 saturated carbocycles. The van der Waals surface area contributed by atoms with Gasteiger partial charge in [0.25, 0.3) is 0 Å². The number of hydroxylamine groups is 2. The van der Waals surface area contributed by atoms with Crippen LogP contribution in [-0.4, -0.2) is 61.7 Å². The van der Waals surface area contributed by atoms with Gasteiger partial charge < -0.3 is 14.4 Å². The number of rotatable bonds is 6. The molecule has 0 bridgehead atoms. The predicted octanol–water partition coefficient (Wildman–Crippen LogP) is 2.51. The van der Waals surface area contributed by atoms with Gasteiger partial charge in [0.2, 0.25) is 5.91 Å². The second kappa shape index (κ2) is 8.59. The highest BCUT2D eigenvalue weighted by atomic mass is 19.1. The molecule has 2 amide bonds. The number of nitrogens with zero attached hydrogens (tertiary/aromatic N) is 3. The summed E-state index contributed by atoms with van der Waals surface area (Å²) in [5.74, 6) is -0.320. The molecule has 0 unspecified atom stereocenters. The number of anilines is 2. The Morgan fingerprint density at radius 2 is 2.00 bits per heavy atom. The molecule has 1 atom stereocenters. The van der Waals surface area contributed by atoms with Gasteiger partial charge in [0.15, 0.2) is 0 Å². The quantitative estimate of drug-likeness (QED) is 0.705. The van der Waals surface area contributed by atoms with Crippen molar-refractivity contribution in [2.75, 3.05) is 42.6 Å². The first kappa shape index (κ1) is 20.6. The summed E-state index contributed by atoms with van der Waals surface area (Å²) in [5.41, 5.74) is 0.826. The highest BCUT2D eigenvalue weighted by Gasteiger charge is 2.35. The minimum Gasteiger partial charge on any atom is -0.444 e. The lowest BCUT2D eigenvalue weighted by atomic mass is 10.1. The van der Waals surface area contributed by atoms with E-state index in [1.54, 1.807) is 12.1 Å². The number of carbonyl (C=O) groups is 3. The molecule has 1 aliphatic carbocycles. The predicted molar refractivity (Wildman–Crippen MR) is 107 cm³/mol. The molecule has 0 aromatic heterocycles. The number of ketones is 1. The molecule has 30 heavy (non-hydrogen) atoms. The van der Waals surface area contributed by atoms with Crippen molar-refractivity contribution in [2.24, 2.45) is 5.92 Å². The van der Waals surface area contributed by atoms with Gasteiger partial charge in [0.05, 0.1) is 31.1 Å². The fourth-order valence-electron chi connectivity index (χ4n) is 3.76. The highest BCUT2D eigenvalue weighted by Crippen LogP contribution is 2.32. The van der Waals surface area contributed by atoms with E-state index in [1.807, 2.05) is 4.90 Å². The van der Waals surface area contributed by atoms with Crippen LogP contribution in [0.5, 0.6) is 0 Å². The zero-order valence-corrected chi connectivity index (χ0v) is 17.0. The number of carbonyl (C=O) groups excluding carboxylic acids is 3. The molecule has 2 heterocycles. The zero-order chi connectivity index (χ0) is 21.3. The lowest BCUT2D eigenvalue weighted by Crippen LogP contribution is -2.35. The summed E-state index contributed by atoms with van der Waals surface area (Å²) < 4.78 is 20.2. The van der Waals surface area contributed by atoms with Crippen molar-refractivity contribution in [1.29, 1.82) is 0 Å². The molecular formula is C21H26FN3O5. The Hall–Kier alpha value is -2.68. The van der Waals surface area contributed by atoms with Gasteiger partial charge in [0, 0.05) is 25.4 Å². The standard InChI is InChI=1S/C21H26FN3O5/c1-14(26)2-6-17-13-24(21(28)30-17)16-5-7-19(18(22)12-16)23-8-9-25(29-11-10-23)20(27)15-3-4-15/h5,7,12,15,17H,2-4,6,8-11,13H2,1H3/t17-/m0/s1. The van der Waals surface area contributed by atoms with E-state index in [0.29, 0.717) is 57.0 Å². The van der Waals surface area contributed by atoms with E-state index in [-0.39, 0.29) is 23.7 Å². The first-order chi connectivity index (χ1) is 14.4. The molecule has 0 N–H and O–H groups in total. The fraction of sp³-hybridized carbons (Fsp3) is 0.571. The topological polar surface area (TPSA) is 79.4 Å². The third kappa shape index (κ3) is 4.56. The zero-order valence-electron chi connectivity index (χ0n) is 17.0. The van der Waals surface area contributed by atoms with Gasteiger partial charge in [-0.2, -0.15) is 0 Å². The maximum absolute atomic E-state index is 14.9. The van der Waals surface area contributed by atoms with Crippen molar-refractivity contribution >= 4 is 29.2 Å². The van der Waals surface area contributed by atoms with Gasteiger partial charge in [-0.25, -0.2) is 14.2 Å². The van der Waals surface area contributed by atoms with Crippen LogP contribution in [0, 0.1) is 11.7 Å². The lowest BCUT2D eigenvalue weighted by molar-refractivity contribution is -0.183. The Labute approximate surface area is 174 Å². The molecule has 1 aromatic rings. The molecule has 1 aromatic carbocycles. The van der Waals surface area contributed by atoms with Crippen molar-refractivity contribution < 1.29 is 28.3 Å². The number of hydrogen-bond acceptors (Lipinski definition) is 6. The van der Waals surface area contributed by atoms with E-state index in [9.17, 15) is 18.8 Å². The fourth-order valence-corrected chi connectivity index (χ4v) is 3.76. The number of halogens is 1. The van der Waals surface area contributed by atoms with Crippen molar-refractivity contribution in [3.8, 4) is 0 Å². The molecule has 4 rings (SSSR count). The lowest BCUT2D eigenvalue weighted by Gasteiger charge is -2.24. The van der Waals surface area contributed by atoms with Crippen molar-refractivity contribution in [3.63, 3.8) is 0 Å². The second-order valence-corrected chi connectivity index (χ2v) is 8.03. The Morgan fingerprint density at radius 3 is 2.70 bits per heavy atom. The monoisotopic (exact) mass is 419 g/mol. The summed E-state index contributed by atoms with van der Waals surface area (Å²) in [6, 6.07) is 4.65. The number of ether oxygens (including phenoxy) is 1. The van der Waals surface area contributed by atoms with Crippen LogP contribution in [0.25, 0.3) is 0 Å². The normalized spacial score (nSPS) is 22.1. The van der Waals surface area contributed by atoms with Crippen molar-refractivity contribution in [3.05, 3.63) is 24.0 Å². The number of hydrogen-bond donors (Lipinski definition) is 0. The van der Waals surface area contributed by atoms with Gasteiger partial charge >= 0.3 is 6.09 Å². The molecule has 3 fully saturated rings. The van der Waals surface area contributed by atoms with Crippen LogP contribution in [0.4, 0.5) is 20.6 Å². The molecule has 2 saturated heterocycles. The Balaban J connectivity index is 1.40. The van der Waals surface area contributed by atoms with Crippen molar-refractivity contribution in [1.82, 2.24) is 5.06 Å². The minimum atomic E-state index is -0.534. The van der Waals surface area contributed by atoms with E-state index in [4.69, 9.17) is 9.57 Å². The molecule has 2 aliphatic heterocycles. The van der Waals surface area contributed by atoms with Crippen LogP contribution in [0.3, 0.4) is 0 Å². The summed E-state index contributed by atoms with van der Waals surface area (Å²) in [5, 5.41) is 1.41. The average molecular weight is 419 g/mol. The Morgan fingerprint density at radius 1 is 1.20 bits per heavy atom. The van der Waals surface area contributed by atoms with Gasteiger partial charge in [-0.3, -0.25) is 14.5 Å². The Kier molecular flexibility index (Phi) is 5.90. The first-order valence-electron chi connectivity index (χ1n) is 10.4. The van der Waals surface area contributed by atoms with Gasteiger partial charge in [-0.05, 0) is 44.4 Å². The second-order valence-electron chi connectivity index (χ2n) is 8.03. The summed E-state index contributed by atoms with van der Waals surface area (Å²) in [7, 11) is 0. The Bertz CT molecular complexity index is 844. The number of benzene rings is 1. The third-order valence-electron chi connectivity index (χ3n) is 5.63. The van der Waals surface area contributed by atoms with Gasteiger partial charge in [-0.15, -0.1) is 0 Å². The number of Topliss-reactive ketones (excluding diaryl/α,β-unsaturated/α-hetero) is 1. The summed E-state index contributed by atoms with van der Waals surface area (Å²) in [4.78, 5) is 44.3. The van der Waals surface area contributed by atoms with Crippen LogP contribution in [0.1, 0.15) is 32.6 Å². The van der Waals surface area contributed by atoms with Gasteiger partial charge in [0.1, 0.15) is 17.7 Å². The maximum atomic E-state index is 14.9. The van der Waals surface area contributed by atoms with E-state index < -0.39 is 11.9 Å². The van der Waals surface area contributed by atoms with E-state index >= 15 is 0 Å². The molecule has 162 valence electrons. The van der Waals surface area contributed by atoms with Crippen LogP contribution >= 0.6 is 0 Å². The number of cyclic esters (lactones) is 1. The van der Waals surface area contributed by atoms with E-state index in [1.165, 1.54) is 23.0 Å². The largest absolute Gasteiger partial charge is 0.444 e. The molecule has 0 radical (unpaired) electrons. The average Bonchev–Trinajstić information content (AvgIpc) is 3.52. The summed E-state index contributed by atoms with van der Waals surface area (Å²) in [6.07, 6.45) is 1.72. The van der Waals surface area contributed by atoms with E-state index in [0.717, 1.165) is 12.8 Å². The molecule has 3 aliphatic rings. The summed E-state index contributed by atoms with van der Waals surface area (Å²) >= 11 is 0. The molecular weight excluding hydrogens is 393 g/mol. The smallest absolute Gasteiger partial charge is 0.414 e. The van der Waals surface area contributed by atoms with Crippen LogP contribution in [0.2, 0.25) is 0 Å². The molecule has 9 heteroatoms. The first-order valence-corrected chi connectivity index (χ1v) is 10.4. The minimum absolute atomic E-state index is 0.0135. The van der Waals surface area contributed by atoms with E-state index in [2.05, 4.69) is 0 Å².